The van der Waals surface area contributed by atoms with Gasteiger partial charge in [0.25, 0.3) is 11.9 Å². The fourth-order valence-electron chi connectivity index (χ4n) is 5.49. The highest BCUT2D eigenvalue weighted by atomic mass is 32.1. The molecule has 2 unspecified atom stereocenters. The van der Waals surface area contributed by atoms with Crippen molar-refractivity contribution in [1.29, 1.82) is 0 Å². The van der Waals surface area contributed by atoms with Gasteiger partial charge in [0.15, 0.2) is 5.58 Å². The largest absolute Gasteiger partial charge is 0.495 e. The summed E-state index contributed by atoms with van der Waals surface area (Å²) in [6, 6.07) is 24.1. The maximum atomic E-state index is 13.2. The second kappa shape index (κ2) is 12.2. The maximum absolute atomic E-state index is 13.2. The molecule has 3 heterocycles. The monoisotopic (exact) mass is 610 g/mol. The van der Waals surface area contributed by atoms with Crippen LogP contribution in [0.5, 0.6) is 5.75 Å². The number of nitrogens with one attached hydrogen (secondary N) is 1. The summed E-state index contributed by atoms with van der Waals surface area (Å²) >= 11 is 1.34. The first kappa shape index (κ1) is 28.9. The fraction of sp³-hybridized carbons (Fsp3) is 0.212. The second-order valence-electron chi connectivity index (χ2n) is 10.6. The summed E-state index contributed by atoms with van der Waals surface area (Å²) in [4.78, 5) is 46.4. The van der Waals surface area contributed by atoms with Crippen molar-refractivity contribution < 1.29 is 28.6 Å². The van der Waals surface area contributed by atoms with E-state index in [9.17, 15) is 19.5 Å². The van der Waals surface area contributed by atoms with Gasteiger partial charge < -0.3 is 29.4 Å². The number of likely N-dealkylation sites (N-methyl/N-ethyl adjacent to an activating group) is 1. The van der Waals surface area contributed by atoms with Crippen LogP contribution in [0.15, 0.2) is 88.7 Å². The Kier molecular flexibility index (Phi) is 8.03. The van der Waals surface area contributed by atoms with Crippen LogP contribution in [0.2, 0.25) is 0 Å². The highest BCUT2D eigenvalue weighted by Gasteiger charge is 2.40. The maximum Gasteiger partial charge on any atom is 0.308 e. The Morgan fingerprint density at radius 1 is 1.07 bits per heavy atom. The van der Waals surface area contributed by atoms with E-state index in [0.717, 1.165) is 16.8 Å². The zero-order valence-electron chi connectivity index (χ0n) is 24.1. The molecule has 0 spiro atoms. The fourth-order valence-corrected chi connectivity index (χ4v) is 6.18. The first-order chi connectivity index (χ1) is 21.3. The van der Waals surface area contributed by atoms with Gasteiger partial charge in [-0.1, -0.05) is 36.4 Å². The quantitative estimate of drug-likeness (QED) is 0.215. The highest BCUT2D eigenvalue weighted by molar-refractivity contribution is 7.12. The van der Waals surface area contributed by atoms with E-state index in [1.807, 2.05) is 66.0 Å². The van der Waals surface area contributed by atoms with E-state index in [1.54, 1.807) is 42.2 Å². The molecule has 1 aliphatic rings. The number of carbonyl (C=O) groups is 3. The number of rotatable bonds is 9. The molecule has 6 rings (SSSR count). The zero-order chi connectivity index (χ0) is 30.8. The number of hydrogen-bond acceptors (Lipinski definition) is 8. The van der Waals surface area contributed by atoms with Crippen molar-refractivity contribution in [2.24, 2.45) is 5.92 Å². The number of methoxy groups -OCH3 is 1. The van der Waals surface area contributed by atoms with E-state index in [0.29, 0.717) is 40.0 Å². The number of aliphatic carboxylic acids is 1. The van der Waals surface area contributed by atoms with Gasteiger partial charge in [0.2, 0.25) is 5.91 Å². The number of carbonyl (C=O) groups excluding carboxylic acids is 2. The summed E-state index contributed by atoms with van der Waals surface area (Å²) in [7, 11) is 3.30. The summed E-state index contributed by atoms with van der Waals surface area (Å²) in [6.07, 6.45) is 0.146. The molecule has 0 saturated carbocycles. The normalized spacial score (nSPS) is 16.2. The number of hydrogen-bond donors (Lipinski definition) is 2. The predicted molar refractivity (Wildman–Crippen MR) is 168 cm³/mol. The SMILES string of the molecule is COc1ccccc1Nc1nc2ccc(CC(=O)N(C)c3ccc(C4CN(C(=O)c5cccs5)CC4C(=O)O)cc3)cc2o1. The average Bonchev–Trinajstić information content (AvgIpc) is 3.81. The van der Waals surface area contributed by atoms with Crippen LogP contribution >= 0.6 is 11.3 Å². The average molecular weight is 611 g/mol. The number of amides is 2. The molecule has 0 aliphatic carbocycles. The van der Waals surface area contributed by atoms with E-state index in [1.165, 1.54) is 11.3 Å². The number of ether oxygens (including phenoxy) is 1. The zero-order valence-corrected chi connectivity index (χ0v) is 24.9. The number of benzene rings is 3. The van der Waals surface area contributed by atoms with Gasteiger partial charge in [0, 0.05) is 31.7 Å². The van der Waals surface area contributed by atoms with Gasteiger partial charge in [-0.2, -0.15) is 4.98 Å². The molecular formula is C33H30N4O6S. The van der Waals surface area contributed by atoms with E-state index < -0.39 is 11.9 Å². The van der Waals surface area contributed by atoms with Crippen molar-refractivity contribution in [2.75, 3.05) is 37.5 Å². The van der Waals surface area contributed by atoms with Gasteiger partial charge in [0.1, 0.15) is 11.3 Å². The van der Waals surface area contributed by atoms with Crippen molar-refractivity contribution in [3.05, 3.63) is 100 Å². The van der Waals surface area contributed by atoms with E-state index in [2.05, 4.69) is 10.3 Å². The number of aromatic nitrogens is 1. The van der Waals surface area contributed by atoms with Crippen molar-refractivity contribution in [3.63, 3.8) is 0 Å². The molecule has 1 aliphatic heterocycles. The Hall–Kier alpha value is -5.16. The topological polar surface area (TPSA) is 125 Å². The number of anilines is 3. The Balaban J connectivity index is 1.12. The third kappa shape index (κ3) is 5.86. The smallest absolute Gasteiger partial charge is 0.308 e. The number of fused-ring (bicyclic) bond motifs is 1. The first-order valence-corrected chi connectivity index (χ1v) is 14.9. The molecule has 2 amide bonds. The number of likely N-dealkylation sites (tertiary alicyclic amines) is 1. The lowest BCUT2D eigenvalue weighted by Gasteiger charge is -2.20. The van der Waals surface area contributed by atoms with Gasteiger partial charge in [-0.15, -0.1) is 11.3 Å². The van der Waals surface area contributed by atoms with Gasteiger partial charge in [-0.25, -0.2) is 0 Å². The van der Waals surface area contributed by atoms with E-state index >= 15 is 0 Å². The van der Waals surface area contributed by atoms with Gasteiger partial charge in [-0.3, -0.25) is 14.4 Å². The Morgan fingerprint density at radius 2 is 1.86 bits per heavy atom. The van der Waals surface area contributed by atoms with Crippen LogP contribution in [-0.4, -0.2) is 60.0 Å². The molecule has 3 aromatic carbocycles. The lowest BCUT2D eigenvalue weighted by molar-refractivity contribution is -0.141. The Labute approximate surface area is 257 Å². The summed E-state index contributed by atoms with van der Waals surface area (Å²) in [5, 5.41) is 14.8. The van der Waals surface area contributed by atoms with E-state index in [4.69, 9.17) is 9.15 Å². The highest BCUT2D eigenvalue weighted by Crippen LogP contribution is 2.35. The minimum atomic E-state index is -0.931. The molecule has 224 valence electrons. The number of thiophene rings is 1. The third-order valence-corrected chi connectivity index (χ3v) is 8.75. The van der Waals surface area contributed by atoms with Crippen LogP contribution in [0.1, 0.15) is 26.7 Å². The third-order valence-electron chi connectivity index (χ3n) is 7.90. The number of oxazole rings is 1. The van der Waals surface area contributed by atoms with Crippen molar-refractivity contribution in [3.8, 4) is 5.75 Å². The summed E-state index contributed by atoms with van der Waals surface area (Å²) < 4.78 is 11.3. The minimum Gasteiger partial charge on any atom is -0.495 e. The Morgan fingerprint density at radius 3 is 2.59 bits per heavy atom. The van der Waals surface area contributed by atoms with Crippen molar-refractivity contribution in [1.82, 2.24) is 9.88 Å². The second-order valence-corrected chi connectivity index (χ2v) is 11.6. The van der Waals surface area contributed by atoms with Crippen LogP contribution < -0.4 is 15.0 Å². The molecule has 0 bridgehead atoms. The van der Waals surface area contributed by atoms with E-state index in [-0.39, 0.29) is 30.7 Å². The molecule has 2 atom stereocenters. The molecule has 11 heteroatoms. The standard InChI is InChI=1S/C33H30N4O6S/c1-36(22-12-10-21(11-13-22)23-18-37(19-24(23)32(40)41)31(39)29-8-5-15-44-29)30(38)17-20-9-14-26-28(16-20)43-33(35-26)34-25-6-3-4-7-27(25)42-2/h3-16,23-24H,17-19H2,1-2H3,(H,34,35)(H,40,41). The summed E-state index contributed by atoms with van der Waals surface area (Å²) in [6.45, 7) is 0.479. The molecule has 2 N–H and O–H groups in total. The van der Waals surface area contributed by atoms with Crippen LogP contribution in [0, 0.1) is 5.92 Å². The molecular weight excluding hydrogens is 580 g/mol. The first-order valence-electron chi connectivity index (χ1n) is 14.0. The summed E-state index contributed by atoms with van der Waals surface area (Å²) in [5.41, 5.74) is 4.20. The lowest BCUT2D eigenvalue weighted by atomic mass is 9.89. The Bertz CT molecular complexity index is 1820. The molecule has 2 aromatic heterocycles. The molecule has 1 saturated heterocycles. The summed E-state index contributed by atoms with van der Waals surface area (Å²) in [5.74, 6) is -1.60. The predicted octanol–water partition coefficient (Wildman–Crippen LogP) is 5.79. The van der Waals surface area contributed by atoms with Gasteiger partial charge in [0.05, 0.1) is 30.0 Å². The van der Waals surface area contributed by atoms with Crippen LogP contribution in [0.4, 0.5) is 17.4 Å². The van der Waals surface area contributed by atoms with Crippen molar-refractivity contribution in [2.45, 2.75) is 12.3 Å². The number of carboxylic acids is 1. The van der Waals surface area contributed by atoms with Crippen LogP contribution in [0.3, 0.4) is 0 Å². The van der Waals surface area contributed by atoms with Gasteiger partial charge >= 0.3 is 5.97 Å². The van der Waals surface area contributed by atoms with Crippen LogP contribution in [-0.2, 0) is 16.0 Å². The minimum absolute atomic E-state index is 0.124. The number of carboxylic acid groups (broad SMARTS) is 1. The lowest BCUT2D eigenvalue weighted by Crippen LogP contribution is -2.29. The number of para-hydroxylation sites is 2. The molecule has 1 fully saturated rings. The molecule has 5 aromatic rings. The van der Waals surface area contributed by atoms with Crippen molar-refractivity contribution >= 4 is 57.6 Å². The molecule has 0 radical (unpaired) electrons. The number of nitrogens with zero attached hydrogens (tertiary/aromatic N) is 3. The molecule has 44 heavy (non-hydrogen) atoms. The van der Waals surface area contributed by atoms with Gasteiger partial charge in [-0.05, 0) is 59.0 Å². The molecule has 10 nitrogen and oxygen atoms in total. The van der Waals surface area contributed by atoms with Crippen LogP contribution in [0.25, 0.3) is 11.1 Å².